The molecule has 0 spiro atoms. The number of nitriles is 1. The molecule has 1 aromatic carbocycles. The molecule has 176 valence electrons. The van der Waals surface area contributed by atoms with Crippen molar-refractivity contribution < 1.29 is 13.9 Å². The number of aliphatic imine (C=N–C) groups is 1. The smallest absolute Gasteiger partial charge is 0.195 e. The third kappa shape index (κ3) is 4.72. The molecule has 0 bridgehead atoms. The molecule has 4 rings (SSSR count). The molecule has 1 saturated heterocycles. The lowest BCUT2D eigenvalue weighted by Crippen LogP contribution is -2.31. The van der Waals surface area contributed by atoms with Crippen molar-refractivity contribution in [2.24, 2.45) is 10.9 Å². The van der Waals surface area contributed by atoms with Gasteiger partial charge in [0.1, 0.15) is 17.3 Å². The number of hydrogen-bond acceptors (Lipinski definition) is 7. The third-order valence-electron chi connectivity index (χ3n) is 6.13. The Balaban J connectivity index is 1.65. The second-order valence-corrected chi connectivity index (χ2v) is 8.64. The van der Waals surface area contributed by atoms with Crippen LogP contribution in [0.25, 0.3) is 13.2 Å². The summed E-state index contributed by atoms with van der Waals surface area (Å²) in [5.74, 6) is -0.183. The minimum atomic E-state index is -0.837. The first-order valence-electron chi connectivity index (χ1n) is 11.0. The van der Waals surface area contributed by atoms with Crippen molar-refractivity contribution in [2.75, 3.05) is 32.1 Å². The molecular formula is C25H27FN6O2. The first-order valence-corrected chi connectivity index (χ1v) is 11.0. The van der Waals surface area contributed by atoms with E-state index < -0.39 is 11.7 Å². The maximum Gasteiger partial charge on any atom is 0.195 e. The van der Waals surface area contributed by atoms with Crippen LogP contribution in [0.3, 0.4) is 0 Å². The van der Waals surface area contributed by atoms with E-state index in [-0.39, 0.29) is 29.3 Å². The van der Waals surface area contributed by atoms with Crippen molar-refractivity contribution >= 4 is 30.6 Å². The molecule has 0 saturated carbocycles. The number of likely N-dealkylation sites (N-methyl/N-ethyl adjacent to an activating group) is 1. The predicted molar refractivity (Wildman–Crippen MR) is 129 cm³/mol. The highest BCUT2D eigenvalue weighted by molar-refractivity contribution is 6.05. The number of H-pyrrole nitrogens is 1. The number of phenols is 1. The lowest BCUT2D eigenvalue weighted by molar-refractivity contribution is 0.315. The van der Waals surface area contributed by atoms with E-state index in [1.54, 1.807) is 0 Å². The van der Waals surface area contributed by atoms with Gasteiger partial charge in [-0.1, -0.05) is 13.2 Å². The van der Waals surface area contributed by atoms with Crippen LogP contribution in [0, 0.1) is 23.1 Å². The third-order valence-corrected chi connectivity index (χ3v) is 6.13. The molecule has 2 aromatic heterocycles. The number of aromatic nitrogens is 2. The molecule has 1 fully saturated rings. The first-order chi connectivity index (χ1) is 16.3. The molecule has 3 heterocycles. The van der Waals surface area contributed by atoms with Gasteiger partial charge in [0.05, 0.1) is 23.0 Å². The molecule has 1 aliphatic heterocycles. The van der Waals surface area contributed by atoms with Crippen molar-refractivity contribution in [3.63, 3.8) is 0 Å². The van der Waals surface area contributed by atoms with Crippen molar-refractivity contribution in [1.29, 1.82) is 5.26 Å². The summed E-state index contributed by atoms with van der Waals surface area (Å²) in [5.41, 5.74) is 0.265. The number of aromatic amines is 1. The highest BCUT2D eigenvalue weighted by Gasteiger charge is 2.27. The van der Waals surface area contributed by atoms with Gasteiger partial charge in [-0.3, -0.25) is 5.10 Å². The van der Waals surface area contributed by atoms with Gasteiger partial charge < -0.3 is 19.3 Å². The minimum Gasteiger partial charge on any atom is -0.508 e. The second kappa shape index (κ2) is 9.53. The number of benzene rings is 1. The maximum absolute atomic E-state index is 14.8. The molecule has 34 heavy (non-hydrogen) atoms. The number of aromatic hydroxyl groups is 1. The summed E-state index contributed by atoms with van der Waals surface area (Å²) < 4.78 is 20.9. The molecule has 0 aliphatic carbocycles. The monoisotopic (exact) mass is 462 g/mol. The fourth-order valence-corrected chi connectivity index (χ4v) is 4.05. The van der Waals surface area contributed by atoms with Crippen molar-refractivity contribution in [1.82, 2.24) is 15.1 Å². The normalized spacial score (nSPS) is 17.3. The molecule has 8 nitrogen and oxygen atoms in total. The number of nitrogens with one attached hydrogen (secondary N) is 1. The van der Waals surface area contributed by atoms with E-state index in [0.717, 1.165) is 31.5 Å². The SMILES string of the molecule is C=c1[nH]nc(N=C(c2ccc(O)cc2F)C(C#N)Cc2ccc(N3CCC(N(C)C)C3)o2)c1=C. The van der Waals surface area contributed by atoms with Crippen LogP contribution in [0.5, 0.6) is 5.75 Å². The number of halogens is 1. The van der Waals surface area contributed by atoms with Gasteiger partial charge in [-0.15, -0.1) is 0 Å². The van der Waals surface area contributed by atoms with E-state index in [4.69, 9.17) is 4.42 Å². The van der Waals surface area contributed by atoms with Crippen LogP contribution >= 0.6 is 0 Å². The Kier molecular flexibility index (Phi) is 6.52. The number of nitrogens with zero attached hydrogens (tertiary/aromatic N) is 5. The molecule has 9 heteroatoms. The summed E-state index contributed by atoms with van der Waals surface area (Å²) in [4.78, 5) is 8.87. The standard InChI is InChI=1S/C25H27FN6O2/c1-15-16(2)29-30-25(15)28-24(21-7-5-19(33)12-22(21)26)17(13-27)11-20-6-8-23(34-20)32-10-9-18(14-32)31(3)4/h5-8,12,17-18,29,33H,1-2,9-11,14H2,3-4H3. The topological polar surface area (TPSA) is 105 Å². The van der Waals surface area contributed by atoms with E-state index >= 15 is 0 Å². The van der Waals surface area contributed by atoms with Crippen LogP contribution in [0.15, 0.2) is 39.7 Å². The summed E-state index contributed by atoms with van der Waals surface area (Å²) in [5, 5.41) is 27.4. The molecular weight excluding hydrogens is 435 g/mol. The van der Waals surface area contributed by atoms with E-state index in [2.05, 4.69) is 58.3 Å². The van der Waals surface area contributed by atoms with Crippen LogP contribution in [-0.2, 0) is 6.42 Å². The second-order valence-electron chi connectivity index (χ2n) is 8.64. The Morgan fingerprint density at radius 1 is 1.41 bits per heavy atom. The lowest BCUT2D eigenvalue weighted by atomic mass is 9.93. The van der Waals surface area contributed by atoms with Crippen LogP contribution in [-0.4, -0.2) is 59.1 Å². The summed E-state index contributed by atoms with van der Waals surface area (Å²) in [6, 6.07) is 10.2. The summed E-state index contributed by atoms with van der Waals surface area (Å²) in [6.45, 7) is 9.44. The van der Waals surface area contributed by atoms with Gasteiger partial charge in [0.2, 0.25) is 0 Å². The zero-order valence-electron chi connectivity index (χ0n) is 19.3. The molecule has 3 aromatic rings. The average molecular weight is 463 g/mol. The van der Waals surface area contributed by atoms with Gasteiger partial charge in [-0.05, 0) is 38.7 Å². The molecule has 2 N–H and O–H groups in total. The number of phenolic OH excluding ortho intramolecular Hbond substituents is 1. The highest BCUT2D eigenvalue weighted by Crippen LogP contribution is 2.27. The van der Waals surface area contributed by atoms with Gasteiger partial charge in [0.15, 0.2) is 11.7 Å². The fourth-order valence-electron chi connectivity index (χ4n) is 4.05. The van der Waals surface area contributed by atoms with Crippen molar-refractivity contribution in [3.8, 4) is 11.8 Å². The molecule has 0 radical (unpaired) electrons. The zero-order valence-corrected chi connectivity index (χ0v) is 19.3. The fraction of sp³-hybridized carbons (Fsp3) is 0.320. The Morgan fingerprint density at radius 2 is 2.21 bits per heavy atom. The average Bonchev–Trinajstić information content (AvgIpc) is 3.53. The predicted octanol–water partition coefficient (Wildman–Crippen LogP) is 2.31. The van der Waals surface area contributed by atoms with E-state index in [1.807, 2.05) is 12.1 Å². The van der Waals surface area contributed by atoms with Crippen LogP contribution < -0.4 is 15.5 Å². The Hall–Kier alpha value is -3.90. The molecule has 0 amide bonds. The number of rotatable bonds is 7. The minimum absolute atomic E-state index is 0.0949. The van der Waals surface area contributed by atoms with Gasteiger partial charge in [0.25, 0.3) is 0 Å². The first kappa shape index (κ1) is 23.3. The Bertz CT molecular complexity index is 1350. The lowest BCUT2D eigenvalue weighted by Gasteiger charge is -2.20. The number of hydrogen-bond donors (Lipinski definition) is 2. The van der Waals surface area contributed by atoms with Gasteiger partial charge in [-0.25, -0.2) is 9.38 Å². The van der Waals surface area contributed by atoms with E-state index in [0.29, 0.717) is 22.4 Å². The van der Waals surface area contributed by atoms with Crippen LogP contribution in [0.2, 0.25) is 0 Å². The summed E-state index contributed by atoms with van der Waals surface area (Å²) in [6.07, 6.45) is 1.24. The quantitative estimate of drug-likeness (QED) is 0.522. The summed E-state index contributed by atoms with van der Waals surface area (Å²) in [7, 11) is 4.13. The molecule has 2 unspecified atom stereocenters. The number of anilines is 1. The largest absolute Gasteiger partial charge is 0.508 e. The van der Waals surface area contributed by atoms with Crippen LogP contribution in [0.1, 0.15) is 17.7 Å². The summed E-state index contributed by atoms with van der Waals surface area (Å²) >= 11 is 0. The molecule has 2 atom stereocenters. The van der Waals surface area contributed by atoms with Gasteiger partial charge >= 0.3 is 0 Å². The zero-order chi connectivity index (χ0) is 24.4. The van der Waals surface area contributed by atoms with Crippen LogP contribution in [0.4, 0.5) is 16.1 Å². The van der Waals surface area contributed by atoms with Gasteiger partial charge in [-0.2, -0.15) is 10.4 Å². The maximum atomic E-state index is 14.8. The highest BCUT2D eigenvalue weighted by atomic mass is 19.1. The van der Waals surface area contributed by atoms with Gasteiger partial charge in [0, 0.05) is 48.5 Å². The van der Waals surface area contributed by atoms with Crippen molar-refractivity contribution in [3.05, 3.63) is 58.0 Å². The Labute approximate surface area is 196 Å². The van der Waals surface area contributed by atoms with E-state index in [9.17, 15) is 14.8 Å². The van der Waals surface area contributed by atoms with E-state index in [1.165, 1.54) is 12.1 Å². The molecule has 1 aliphatic rings. The van der Waals surface area contributed by atoms with Crippen molar-refractivity contribution in [2.45, 2.75) is 18.9 Å². The number of furan rings is 1. The Morgan fingerprint density at radius 3 is 2.82 bits per heavy atom.